The van der Waals surface area contributed by atoms with E-state index in [1.807, 2.05) is 22.4 Å². The fraction of sp³-hybridized carbons (Fsp3) is 0.517. The summed E-state index contributed by atoms with van der Waals surface area (Å²) in [5.41, 5.74) is 1.45. The van der Waals surface area contributed by atoms with Gasteiger partial charge in [0, 0.05) is 51.8 Å². The minimum atomic E-state index is -0.641. The summed E-state index contributed by atoms with van der Waals surface area (Å²) in [6, 6.07) is 4.27. The van der Waals surface area contributed by atoms with E-state index in [1.165, 1.54) is 28.0 Å². The lowest BCUT2D eigenvalue weighted by atomic mass is 9.75. The second-order valence-electron chi connectivity index (χ2n) is 12.4. The number of amides is 2. The third-order valence-electron chi connectivity index (χ3n) is 7.50. The first-order chi connectivity index (χ1) is 20.7. The van der Waals surface area contributed by atoms with Gasteiger partial charge in [0.05, 0.1) is 22.8 Å². The largest absolute Gasteiger partial charge is 0.444 e. The molecule has 2 amide bonds. The second-order valence-corrected chi connectivity index (χ2v) is 14.4. The van der Waals surface area contributed by atoms with Crippen LogP contribution in [0.5, 0.6) is 0 Å². The Morgan fingerprint density at radius 2 is 1.89 bits per heavy atom. The van der Waals surface area contributed by atoms with E-state index in [0.717, 1.165) is 35.9 Å². The zero-order chi connectivity index (χ0) is 32.0. The average Bonchev–Trinajstić information content (AvgIpc) is 3.40. The first kappa shape index (κ1) is 31.9. The molecule has 15 heteroatoms. The van der Waals surface area contributed by atoms with Gasteiger partial charge in [0.25, 0.3) is 5.91 Å². The van der Waals surface area contributed by atoms with E-state index in [0.29, 0.717) is 46.9 Å². The van der Waals surface area contributed by atoms with Gasteiger partial charge in [0.2, 0.25) is 0 Å². The summed E-state index contributed by atoms with van der Waals surface area (Å²) in [5, 5.41) is 20.7. The van der Waals surface area contributed by atoms with Crippen LogP contribution < -0.4 is 15.1 Å². The number of nitrogens with one attached hydrogen (secondary N) is 1. The maximum absolute atomic E-state index is 12.6. The van der Waals surface area contributed by atoms with Gasteiger partial charge in [-0.1, -0.05) is 30.3 Å². The lowest BCUT2D eigenvalue weighted by molar-refractivity contribution is 0.0636. The Hall–Kier alpha value is -3.54. The van der Waals surface area contributed by atoms with Crippen LogP contribution in [-0.4, -0.2) is 82.2 Å². The molecular formula is C29H36ClN9O3S2. The monoisotopic (exact) mass is 657 g/mol. The number of hydrogen-bond donors (Lipinski definition) is 1. The molecule has 12 nitrogen and oxygen atoms in total. The predicted octanol–water partition coefficient (Wildman–Crippen LogP) is 5.22. The highest BCUT2D eigenvalue weighted by Gasteiger charge is 2.44. The molecule has 3 aromatic rings. The summed E-state index contributed by atoms with van der Waals surface area (Å²) >= 11 is 9.49. The highest BCUT2D eigenvalue weighted by atomic mass is 35.5. The van der Waals surface area contributed by atoms with Crippen LogP contribution in [0, 0.1) is 11.3 Å². The van der Waals surface area contributed by atoms with E-state index in [1.54, 1.807) is 34.9 Å². The number of carbonyl (C=O) groups is 2. The van der Waals surface area contributed by atoms with Crippen LogP contribution in [0.3, 0.4) is 0 Å². The molecule has 2 aliphatic heterocycles. The van der Waals surface area contributed by atoms with E-state index < -0.39 is 11.7 Å². The quantitative estimate of drug-likeness (QED) is 0.278. The zero-order valence-electron chi connectivity index (χ0n) is 25.9. The van der Waals surface area contributed by atoms with E-state index >= 15 is 0 Å². The smallest absolute Gasteiger partial charge is 0.412 e. The van der Waals surface area contributed by atoms with Gasteiger partial charge in [-0.3, -0.25) is 14.8 Å². The van der Waals surface area contributed by atoms with Crippen LogP contribution >= 0.6 is 34.7 Å². The van der Waals surface area contributed by atoms with Crippen molar-refractivity contribution in [1.82, 2.24) is 24.6 Å². The number of hydrogen-bond acceptors (Lipinski definition) is 11. The minimum absolute atomic E-state index is 0.227. The average molecular weight is 658 g/mol. The molecule has 0 spiro atoms. The summed E-state index contributed by atoms with van der Waals surface area (Å²) in [4.78, 5) is 40.4. The molecule has 0 aromatic carbocycles. The van der Waals surface area contributed by atoms with Crippen molar-refractivity contribution in [2.45, 2.75) is 63.4 Å². The van der Waals surface area contributed by atoms with Gasteiger partial charge in [0.1, 0.15) is 28.3 Å². The van der Waals surface area contributed by atoms with Crippen molar-refractivity contribution >= 4 is 63.3 Å². The standard InChI is InChI=1S/C29H36ClN9O3S2/c1-28(2,3)42-27(41)34-24-17(12-31)18(14-44-24)29(4)15-38(16-29)21-11-20(32-26(33-21)43-7)37-9-8-10-39-19(13-37)22(30)23(35-39)25(40)36(5)6/h11,14H,8-10,13,15-16H2,1-7H3,(H,34,41). The number of carbonyl (C=O) groups excluding carboxylic acids is 2. The first-order valence-electron chi connectivity index (χ1n) is 14.1. The number of rotatable bonds is 6. The number of thioether (sulfide) groups is 1. The SMILES string of the molecule is CSc1nc(N2CCCn3nc(C(=O)N(C)C)c(Cl)c3C2)cc(N2CC(C)(c3csc(NC(=O)OC(C)(C)C)c3C#N)C2)n1. The van der Waals surface area contributed by atoms with Crippen LogP contribution in [0.4, 0.5) is 21.4 Å². The number of anilines is 3. The van der Waals surface area contributed by atoms with Gasteiger partial charge in [0.15, 0.2) is 10.9 Å². The molecule has 3 aromatic heterocycles. The molecule has 0 saturated carbocycles. The fourth-order valence-electron chi connectivity index (χ4n) is 5.37. The van der Waals surface area contributed by atoms with Crippen LogP contribution in [0.2, 0.25) is 5.02 Å². The highest BCUT2D eigenvalue weighted by molar-refractivity contribution is 7.98. The summed E-state index contributed by atoms with van der Waals surface area (Å²) in [6.45, 7) is 10.6. The van der Waals surface area contributed by atoms with E-state index in [-0.39, 0.29) is 17.0 Å². The van der Waals surface area contributed by atoms with Crippen molar-refractivity contribution in [3.8, 4) is 6.07 Å². The van der Waals surface area contributed by atoms with Crippen LogP contribution in [0.15, 0.2) is 16.6 Å². The maximum atomic E-state index is 12.6. The Balaban J connectivity index is 1.36. The second kappa shape index (κ2) is 12.1. The van der Waals surface area contributed by atoms with Crippen molar-refractivity contribution in [3.05, 3.63) is 39.0 Å². The molecule has 2 aliphatic rings. The molecule has 1 fully saturated rings. The van der Waals surface area contributed by atoms with Crippen molar-refractivity contribution < 1.29 is 14.3 Å². The third-order valence-corrected chi connectivity index (χ3v) is 9.34. The predicted molar refractivity (Wildman–Crippen MR) is 173 cm³/mol. The molecule has 44 heavy (non-hydrogen) atoms. The van der Waals surface area contributed by atoms with Gasteiger partial charge in [-0.2, -0.15) is 10.4 Å². The van der Waals surface area contributed by atoms with E-state index in [4.69, 9.17) is 26.3 Å². The van der Waals surface area contributed by atoms with E-state index in [2.05, 4.69) is 33.2 Å². The Bertz CT molecular complexity index is 1630. The normalized spacial score (nSPS) is 16.0. The van der Waals surface area contributed by atoms with Crippen molar-refractivity contribution in [3.63, 3.8) is 0 Å². The number of ether oxygens (including phenoxy) is 1. The maximum Gasteiger partial charge on any atom is 0.412 e. The molecule has 1 saturated heterocycles. The number of aryl methyl sites for hydroxylation is 1. The molecule has 0 atom stereocenters. The minimum Gasteiger partial charge on any atom is -0.444 e. The molecule has 0 unspecified atom stereocenters. The molecule has 0 radical (unpaired) electrons. The molecule has 5 rings (SSSR count). The number of aromatic nitrogens is 4. The Morgan fingerprint density at radius 3 is 2.50 bits per heavy atom. The first-order valence-corrected chi connectivity index (χ1v) is 16.6. The highest BCUT2D eigenvalue weighted by Crippen LogP contribution is 2.43. The summed E-state index contributed by atoms with van der Waals surface area (Å²) in [5.74, 6) is 1.34. The van der Waals surface area contributed by atoms with Crippen LogP contribution in [0.25, 0.3) is 0 Å². The number of nitriles is 1. The van der Waals surface area contributed by atoms with Crippen molar-refractivity contribution in [2.75, 3.05) is 55.1 Å². The number of nitrogens with zero attached hydrogens (tertiary/aromatic N) is 8. The molecule has 0 aliphatic carbocycles. The van der Waals surface area contributed by atoms with Crippen molar-refractivity contribution in [1.29, 1.82) is 5.26 Å². The van der Waals surface area contributed by atoms with Gasteiger partial charge >= 0.3 is 6.09 Å². The topological polar surface area (TPSA) is 133 Å². The molecule has 1 N–H and O–H groups in total. The lowest BCUT2D eigenvalue weighted by Gasteiger charge is -2.49. The summed E-state index contributed by atoms with van der Waals surface area (Å²) in [7, 11) is 3.37. The van der Waals surface area contributed by atoms with Gasteiger partial charge in [-0.25, -0.2) is 14.8 Å². The zero-order valence-corrected chi connectivity index (χ0v) is 28.3. The molecule has 0 bridgehead atoms. The Morgan fingerprint density at radius 1 is 1.20 bits per heavy atom. The van der Waals surface area contributed by atoms with Gasteiger partial charge in [-0.05, 0) is 44.4 Å². The van der Waals surface area contributed by atoms with Crippen LogP contribution in [0.1, 0.15) is 61.4 Å². The van der Waals surface area contributed by atoms with Crippen molar-refractivity contribution in [2.24, 2.45) is 0 Å². The summed E-state index contributed by atoms with van der Waals surface area (Å²) < 4.78 is 7.21. The van der Waals surface area contributed by atoms with Gasteiger partial charge < -0.3 is 19.4 Å². The number of fused-ring (bicyclic) bond motifs is 1. The molecule has 234 valence electrons. The van der Waals surface area contributed by atoms with Crippen LogP contribution in [-0.2, 0) is 23.2 Å². The number of halogens is 1. The number of thiophene rings is 1. The fourth-order valence-corrected chi connectivity index (χ4v) is 7.07. The lowest BCUT2D eigenvalue weighted by Crippen LogP contribution is -2.58. The summed E-state index contributed by atoms with van der Waals surface area (Å²) in [6.07, 6.45) is 2.17. The molecular weight excluding hydrogens is 622 g/mol. The van der Waals surface area contributed by atoms with E-state index in [9.17, 15) is 14.9 Å². The Labute approximate surface area is 270 Å². The Kier molecular flexibility index (Phi) is 8.76. The van der Waals surface area contributed by atoms with Gasteiger partial charge in [-0.15, -0.1) is 11.3 Å². The third kappa shape index (κ3) is 6.31. The molecule has 5 heterocycles.